The molecule has 6 heteroatoms. The zero-order valence-electron chi connectivity index (χ0n) is 13.2. The Balaban J connectivity index is 2.68. The van der Waals surface area contributed by atoms with Crippen molar-refractivity contribution in [2.75, 3.05) is 0 Å². The second-order valence-electron chi connectivity index (χ2n) is 6.51. The Bertz CT molecular complexity index is 671. The average molecular weight is 372 g/mol. The van der Waals surface area contributed by atoms with E-state index in [4.69, 9.17) is 16.6 Å². The molecule has 0 saturated carbocycles. The molecule has 0 spiro atoms. The minimum atomic E-state index is -0.0858. The van der Waals surface area contributed by atoms with Crippen molar-refractivity contribution in [3.05, 3.63) is 27.2 Å². The molecule has 0 amide bonds. The molecule has 0 unspecified atom stereocenters. The maximum Gasteiger partial charge on any atom is 0.164 e. The second kappa shape index (κ2) is 5.69. The predicted molar refractivity (Wildman–Crippen MR) is 89.7 cm³/mol. The molecule has 0 aromatic carbocycles. The number of rotatable bonds is 2. The highest BCUT2D eigenvalue weighted by Crippen LogP contribution is 2.34. The van der Waals surface area contributed by atoms with Gasteiger partial charge in [-0.2, -0.15) is 5.10 Å². The molecule has 0 fully saturated rings. The SMILES string of the molecule is CC(C)c1nc(-c2cn(C)nc2C(C)(C)C)nc(Cl)c1Br. The summed E-state index contributed by atoms with van der Waals surface area (Å²) in [5.41, 5.74) is 2.73. The molecular formula is C15H20BrClN4. The highest BCUT2D eigenvalue weighted by atomic mass is 79.9. The first-order valence-electron chi connectivity index (χ1n) is 6.88. The molecule has 2 aromatic rings. The van der Waals surface area contributed by atoms with E-state index in [1.807, 2.05) is 13.2 Å². The van der Waals surface area contributed by atoms with Crippen LogP contribution in [0.2, 0.25) is 5.15 Å². The van der Waals surface area contributed by atoms with Gasteiger partial charge < -0.3 is 0 Å². The van der Waals surface area contributed by atoms with Gasteiger partial charge in [0.25, 0.3) is 0 Å². The molecule has 0 saturated heterocycles. The van der Waals surface area contributed by atoms with Crippen LogP contribution in [0.1, 0.15) is 51.9 Å². The Morgan fingerprint density at radius 2 is 1.86 bits per heavy atom. The van der Waals surface area contributed by atoms with Crippen LogP contribution in [-0.4, -0.2) is 19.7 Å². The van der Waals surface area contributed by atoms with Crippen LogP contribution in [0.15, 0.2) is 10.7 Å². The Kier molecular flexibility index (Phi) is 4.45. The largest absolute Gasteiger partial charge is 0.275 e. The van der Waals surface area contributed by atoms with Crippen molar-refractivity contribution in [2.24, 2.45) is 7.05 Å². The van der Waals surface area contributed by atoms with Crippen molar-refractivity contribution in [2.45, 2.75) is 46.0 Å². The molecule has 2 heterocycles. The normalized spacial score (nSPS) is 12.2. The van der Waals surface area contributed by atoms with Gasteiger partial charge in [0, 0.05) is 18.7 Å². The molecule has 2 aromatic heterocycles. The number of nitrogens with zero attached hydrogens (tertiary/aromatic N) is 4. The first-order valence-corrected chi connectivity index (χ1v) is 8.05. The summed E-state index contributed by atoms with van der Waals surface area (Å²) in [6.07, 6.45) is 1.95. The standard InChI is InChI=1S/C15H20BrClN4/c1-8(2)11-10(16)13(17)19-14(18-11)9-7-21(6)20-12(9)15(3,4)5/h7-8H,1-6H3. The van der Waals surface area contributed by atoms with E-state index in [1.165, 1.54) is 0 Å². The molecule has 0 aliphatic carbocycles. The van der Waals surface area contributed by atoms with Gasteiger partial charge in [-0.1, -0.05) is 46.2 Å². The third-order valence-electron chi connectivity index (χ3n) is 3.16. The molecule has 0 N–H and O–H groups in total. The van der Waals surface area contributed by atoms with E-state index >= 15 is 0 Å². The maximum absolute atomic E-state index is 6.26. The fourth-order valence-corrected chi connectivity index (χ4v) is 2.96. The highest BCUT2D eigenvalue weighted by molar-refractivity contribution is 9.10. The van der Waals surface area contributed by atoms with E-state index < -0.39 is 0 Å². The minimum absolute atomic E-state index is 0.0858. The van der Waals surface area contributed by atoms with Crippen LogP contribution in [0.5, 0.6) is 0 Å². The summed E-state index contributed by atoms with van der Waals surface area (Å²) in [5.74, 6) is 0.887. The van der Waals surface area contributed by atoms with E-state index in [2.05, 4.69) is 60.6 Å². The number of aromatic nitrogens is 4. The Labute approximate surface area is 139 Å². The van der Waals surface area contributed by atoms with E-state index in [0.29, 0.717) is 11.0 Å². The number of aryl methyl sites for hydroxylation is 1. The van der Waals surface area contributed by atoms with Gasteiger partial charge in [-0.05, 0) is 21.8 Å². The van der Waals surface area contributed by atoms with Crippen molar-refractivity contribution in [1.29, 1.82) is 0 Å². The second-order valence-corrected chi connectivity index (χ2v) is 7.66. The maximum atomic E-state index is 6.26. The minimum Gasteiger partial charge on any atom is -0.275 e. The highest BCUT2D eigenvalue weighted by Gasteiger charge is 2.25. The lowest BCUT2D eigenvalue weighted by molar-refractivity contribution is 0.554. The van der Waals surface area contributed by atoms with Gasteiger partial charge >= 0.3 is 0 Å². The van der Waals surface area contributed by atoms with E-state index in [1.54, 1.807) is 4.68 Å². The van der Waals surface area contributed by atoms with Gasteiger partial charge in [-0.25, -0.2) is 9.97 Å². The quantitative estimate of drug-likeness (QED) is 0.718. The molecule has 2 rings (SSSR count). The van der Waals surface area contributed by atoms with Crippen LogP contribution < -0.4 is 0 Å². The van der Waals surface area contributed by atoms with Crippen LogP contribution in [0, 0.1) is 0 Å². The summed E-state index contributed by atoms with van der Waals surface area (Å²) in [5, 5.41) is 5.00. The molecular weight excluding hydrogens is 352 g/mol. The summed E-state index contributed by atoms with van der Waals surface area (Å²) in [4.78, 5) is 9.12. The van der Waals surface area contributed by atoms with Crippen LogP contribution >= 0.6 is 27.5 Å². The Morgan fingerprint density at radius 3 is 2.38 bits per heavy atom. The summed E-state index contributed by atoms with van der Waals surface area (Å²) < 4.78 is 2.56. The molecule has 0 atom stereocenters. The molecule has 0 radical (unpaired) electrons. The van der Waals surface area contributed by atoms with Crippen LogP contribution in [0.4, 0.5) is 0 Å². The lowest BCUT2D eigenvalue weighted by Gasteiger charge is -2.17. The fourth-order valence-electron chi connectivity index (χ4n) is 2.14. The van der Waals surface area contributed by atoms with Crippen molar-refractivity contribution >= 4 is 27.5 Å². The molecule has 0 bridgehead atoms. The molecule has 0 aliphatic rings. The van der Waals surface area contributed by atoms with E-state index in [-0.39, 0.29) is 11.3 Å². The summed E-state index contributed by atoms with van der Waals surface area (Å²) in [6.45, 7) is 10.6. The first kappa shape index (κ1) is 16.4. The summed E-state index contributed by atoms with van der Waals surface area (Å²) in [7, 11) is 1.91. The monoisotopic (exact) mass is 370 g/mol. The van der Waals surface area contributed by atoms with Gasteiger partial charge in [0.15, 0.2) is 5.82 Å². The van der Waals surface area contributed by atoms with E-state index in [0.717, 1.165) is 21.4 Å². The zero-order chi connectivity index (χ0) is 15.9. The third kappa shape index (κ3) is 3.29. The molecule has 4 nitrogen and oxygen atoms in total. The van der Waals surface area contributed by atoms with Gasteiger partial charge in [-0.15, -0.1) is 0 Å². The predicted octanol–water partition coefficient (Wildman–Crippen LogP) is 4.71. The lowest BCUT2D eigenvalue weighted by atomic mass is 9.89. The van der Waals surface area contributed by atoms with Crippen LogP contribution in [-0.2, 0) is 12.5 Å². The fraction of sp³-hybridized carbons (Fsp3) is 0.533. The average Bonchev–Trinajstić information content (AvgIpc) is 2.74. The number of halogens is 2. The van der Waals surface area contributed by atoms with Crippen molar-refractivity contribution < 1.29 is 0 Å². The Hall–Kier alpha value is -0.940. The van der Waals surface area contributed by atoms with Crippen LogP contribution in [0.25, 0.3) is 11.4 Å². The van der Waals surface area contributed by atoms with E-state index in [9.17, 15) is 0 Å². The topological polar surface area (TPSA) is 43.6 Å². The first-order chi connectivity index (χ1) is 9.61. The number of hydrogen-bond donors (Lipinski definition) is 0. The summed E-state index contributed by atoms with van der Waals surface area (Å²) >= 11 is 9.73. The lowest BCUT2D eigenvalue weighted by Crippen LogP contribution is -2.14. The summed E-state index contributed by atoms with van der Waals surface area (Å²) in [6, 6.07) is 0. The smallest absolute Gasteiger partial charge is 0.164 e. The van der Waals surface area contributed by atoms with Gasteiger partial charge in [0.2, 0.25) is 0 Å². The number of hydrogen-bond acceptors (Lipinski definition) is 3. The van der Waals surface area contributed by atoms with Crippen LogP contribution in [0.3, 0.4) is 0 Å². The van der Waals surface area contributed by atoms with Gasteiger partial charge in [0.1, 0.15) is 5.15 Å². The van der Waals surface area contributed by atoms with Crippen molar-refractivity contribution in [1.82, 2.24) is 19.7 Å². The molecule has 0 aliphatic heterocycles. The molecule has 21 heavy (non-hydrogen) atoms. The van der Waals surface area contributed by atoms with Gasteiger partial charge in [0.05, 0.1) is 21.4 Å². The third-order valence-corrected chi connectivity index (χ3v) is 4.45. The molecule has 114 valence electrons. The van der Waals surface area contributed by atoms with Crippen molar-refractivity contribution in [3.8, 4) is 11.4 Å². The Morgan fingerprint density at radius 1 is 1.24 bits per heavy atom. The van der Waals surface area contributed by atoms with Crippen molar-refractivity contribution in [3.63, 3.8) is 0 Å². The zero-order valence-corrected chi connectivity index (χ0v) is 15.5. The van der Waals surface area contributed by atoms with Gasteiger partial charge in [-0.3, -0.25) is 4.68 Å².